The third kappa shape index (κ3) is 7.20. The third-order valence-corrected chi connectivity index (χ3v) is 4.35. The zero-order chi connectivity index (χ0) is 10.8. The van der Waals surface area contributed by atoms with Gasteiger partial charge in [-0.25, -0.2) is 0 Å². The fraction of sp³-hybridized carbons (Fsp3) is 1.00. The minimum Gasteiger partial charge on any atom is -0.383 e. The molecule has 3 heteroatoms. The second-order valence-corrected chi connectivity index (χ2v) is 5.64. The van der Waals surface area contributed by atoms with Crippen LogP contribution in [-0.4, -0.2) is 37.8 Å². The van der Waals surface area contributed by atoms with Crippen LogP contribution in [0.15, 0.2) is 0 Å². The summed E-state index contributed by atoms with van der Waals surface area (Å²) >= 11 is 2.20. The van der Waals surface area contributed by atoms with Gasteiger partial charge >= 0.3 is 0 Å². The Hall–Kier alpha value is 0.270. The molecule has 1 aliphatic rings. The normalized spacial score (nSPS) is 17.4. The molecular weight excluding hydrogens is 206 g/mol. The average molecular weight is 231 g/mol. The van der Waals surface area contributed by atoms with Crippen molar-refractivity contribution >= 4 is 11.8 Å². The summed E-state index contributed by atoms with van der Waals surface area (Å²) in [5.41, 5.74) is 0. The fourth-order valence-corrected chi connectivity index (χ4v) is 3.33. The van der Waals surface area contributed by atoms with Crippen LogP contribution in [0.5, 0.6) is 0 Å². The molecule has 0 saturated heterocycles. The maximum atomic E-state index is 4.97. The molecule has 0 heterocycles. The zero-order valence-electron chi connectivity index (χ0n) is 9.96. The Morgan fingerprint density at radius 3 is 2.73 bits per heavy atom. The molecule has 0 bridgehead atoms. The van der Waals surface area contributed by atoms with E-state index in [0.717, 1.165) is 24.9 Å². The highest BCUT2D eigenvalue weighted by Gasteiger charge is 2.14. The number of rotatable bonds is 9. The van der Waals surface area contributed by atoms with Crippen LogP contribution in [0.3, 0.4) is 0 Å². The molecule has 1 rings (SSSR count). The summed E-state index contributed by atoms with van der Waals surface area (Å²) in [6.45, 7) is 2.97. The van der Waals surface area contributed by atoms with Gasteiger partial charge in [0, 0.05) is 18.9 Å². The van der Waals surface area contributed by atoms with Gasteiger partial charge in [-0.15, -0.1) is 0 Å². The van der Waals surface area contributed by atoms with Gasteiger partial charge in [-0.2, -0.15) is 11.8 Å². The highest BCUT2D eigenvalue weighted by Crippen LogP contribution is 2.29. The summed E-state index contributed by atoms with van der Waals surface area (Å²) < 4.78 is 4.97. The number of thioether (sulfide) groups is 1. The Morgan fingerprint density at radius 2 is 2.00 bits per heavy atom. The molecule has 1 aliphatic carbocycles. The predicted molar refractivity (Wildman–Crippen MR) is 68.7 cm³/mol. The quantitative estimate of drug-likeness (QED) is 0.617. The summed E-state index contributed by atoms with van der Waals surface area (Å²) in [4.78, 5) is 0. The molecule has 1 saturated carbocycles. The smallest absolute Gasteiger partial charge is 0.0587 e. The van der Waals surface area contributed by atoms with E-state index >= 15 is 0 Å². The Kier molecular flexibility index (Phi) is 8.44. The molecule has 0 amide bonds. The lowest BCUT2D eigenvalue weighted by Gasteiger charge is -2.08. The summed E-state index contributed by atoms with van der Waals surface area (Å²) in [7, 11) is 1.75. The highest BCUT2D eigenvalue weighted by atomic mass is 32.2. The topological polar surface area (TPSA) is 21.3 Å². The number of methoxy groups -OCH3 is 1. The summed E-state index contributed by atoms with van der Waals surface area (Å²) in [5.74, 6) is 1.36. The average Bonchev–Trinajstić information content (AvgIpc) is 2.75. The molecule has 15 heavy (non-hydrogen) atoms. The van der Waals surface area contributed by atoms with Gasteiger partial charge in [-0.05, 0) is 38.0 Å². The minimum atomic E-state index is 0.830. The first kappa shape index (κ1) is 13.3. The van der Waals surface area contributed by atoms with E-state index in [1.807, 2.05) is 0 Å². The summed E-state index contributed by atoms with van der Waals surface area (Å²) in [5, 5.41) is 4.37. The predicted octanol–water partition coefficient (Wildman–Crippen LogP) is 2.68. The van der Waals surface area contributed by atoms with Crippen LogP contribution in [0.25, 0.3) is 0 Å². The Labute approximate surface area is 98.5 Å². The monoisotopic (exact) mass is 231 g/mol. The molecule has 0 aromatic rings. The second kappa shape index (κ2) is 9.49. The van der Waals surface area contributed by atoms with E-state index in [4.69, 9.17) is 4.74 Å². The lowest BCUT2D eigenvalue weighted by atomic mass is 10.3. The lowest BCUT2D eigenvalue weighted by Crippen LogP contribution is -2.20. The Bertz CT molecular complexity index is 138. The van der Waals surface area contributed by atoms with Crippen LogP contribution in [0.2, 0.25) is 0 Å². The minimum absolute atomic E-state index is 0.830. The van der Waals surface area contributed by atoms with Gasteiger partial charge in [-0.1, -0.05) is 12.8 Å². The van der Waals surface area contributed by atoms with Gasteiger partial charge in [-0.3, -0.25) is 0 Å². The van der Waals surface area contributed by atoms with Crippen LogP contribution >= 0.6 is 11.8 Å². The molecule has 0 aromatic carbocycles. The molecule has 0 aliphatic heterocycles. The largest absolute Gasteiger partial charge is 0.383 e. The first-order chi connectivity index (χ1) is 7.43. The number of hydrogen-bond donors (Lipinski definition) is 1. The van der Waals surface area contributed by atoms with E-state index < -0.39 is 0 Å². The second-order valence-electron chi connectivity index (χ2n) is 4.23. The van der Waals surface area contributed by atoms with Crippen LogP contribution in [0.4, 0.5) is 0 Å². The van der Waals surface area contributed by atoms with E-state index in [9.17, 15) is 0 Å². The van der Waals surface area contributed by atoms with Crippen LogP contribution < -0.4 is 5.32 Å². The molecule has 1 N–H and O–H groups in total. The van der Waals surface area contributed by atoms with Gasteiger partial charge in [0.2, 0.25) is 0 Å². The molecule has 90 valence electrons. The number of ether oxygens (including phenoxy) is 1. The van der Waals surface area contributed by atoms with Crippen LogP contribution in [0.1, 0.15) is 38.5 Å². The number of nitrogens with one attached hydrogen (secondary N) is 1. The molecule has 0 atom stereocenters. The standard InChI is InChI=1S/C12H25NOS/c1-14-10-9-13-8-4-5-11-15-12-6-2-3-7-12/h12-13H,2-11H2,1H3. The van der Waals surface area contributed by atoms with Crippen molar-refractivity contribution in [1.82, 2.24) is 5.32 Å². The number of hydrogen-bond acceptors (Lipinski definition) is 3. The molecule has 0 radical (unpaired) electrons. The van der Waals surface area contributed by atoms with Crippen molar-refractivity contribution in [2.24, 2.45) is 0 Å². The Balaban J connectivity index is 1.73. The van der Waals surface area contributed by atoms with Gasteiger partial charge in [0.15, 0.2) is 0 Å². The molecule has 2 nitrogen and oxygen atoms in total. The summed E-state index contributed by atoms with van der Waals surface area (Å²) in [6.07, 6.45) is 8.55. The fourth-order valence-electron chi connectivity index (χ4n) is 1.96. The SMILES string of the molecule is COCCNCCCCSC1CCCC1. The maximum Gasteiger partial charge on any atom is 0.0587 e. The van der Waals surface area contributed by atoms with Crippen molar-refractivity contribution in [2.45, 2.75) is 43.8 Å². The highest BCUT2D eigenvalue weighted by molar-refractivity contribution is 7.99. The molecule has 0 aromatic heterocycles. The first-order valence-electron chi connectivity index (χ1n) is 6.24. The van der Waals surface area contributed by atoms with Gasteiger partial charge in [0.25, 0.3) is 0 Å². The zero-order valence-corrected chi connectivity index (χ0v) is 10.8. The maximum absolute atomic E-state index is 4.97. The van der Waals surface area contributed by atoms with E-state index in [2.05, 4.69) is 17.1 Å². The van der Waals surface area contributed by atoms with E-state index in [-0.39, 0.29) is 0 Å². The van der Waals surface area contributed by atoms with Crippen LogP contribution in [-0.2, 0) is 4.74 Å². The summed E-state index contributed by atoms with van der Waals surface area (Å²) in [6, 6.07) is 0. The van der Waals surface area contributed by atoms with Gasteiger partial charge in [0.1, 0.15) is 0 Å². The number of unbranched alkanes of at least 4 members (excludes halogenated alkanes) is 1. The van der Waals surface area contributed by atoms with Crippen molar-refractivity contribution < 1.29 is 4.74 Å². The molecule has 1 fully saturated rings. The molecule has 0 spiro atoms. The van der Waals surface area contributed by atoms with E-state index in [1.54, 1.807) is 7.11 Å². The first-order valence-corrected chi connectivity index (χ1v) is 7.29. The van der Waals surface area contributed by atoms with Crippen molar-refractivity contribution in [3.05, 3.63) is 0 Å². The van der Waals surface area contributed by atoms with Crippen molar-refractivity contribution in [1.29, 1.82) is 0 Å². The van der Waals surface area contributed by atoms with E-state index in [1.165, 1.54) is 44.3 Å². The van der Waals surface area contributed by atoms with Crippen molar-refractivity contribution in [2.75, 3.05) is 32.6 Å². The van der Waals surface area contributed by atoms with E-state index in [0.29, 0.717) is 0 Å². The lowest BCUT2D eigenvalue weighted by molar-refractivity contribution is 0.199. The van der Waals surface area contributed by atoms with Gasteiger partial charge < -0.3 is 10.1 Å². The third-order valence-electron chi connectivity index (χ3n) is 2.89. The molecule has 0 unspecified atom stereocenters. The van der Waals surface area contributed by atoms with Crippen molar-refractivity contribution in [3.8, 4) is 0 Å². The van der Waals surface area contributed by atoms with Crippen molar-refractivity contribution in [3.63, 3.8) is 0 Å². The van der Waals surface area contributed by atoms with Crippen LogP contribution in [0, 0.1) is 0 Å². The Morgan fingerprint density at radius 1 is 1.20 bits per heavy atom. The van der Waals surface area contributed by atoms with Gasteiger partial charge in [0.05, 0.1) is 6.61 Å². The molecular formula is C12H25NOS.